The Kier molecular flexibility index (Phi) is 6.52. The number of nitrogen functional groups attached to an aromatic ring is 1. The molecular weight excluding hydrogens is 380 g/mol. The largest absolute Gasteiger partial charge is 0.477 e. The molecule has 1 atom stereocenters. The molecule has 0 aromatic carbocycles. The Labute approximate surface area is 156 Å². The van der Waals surface area contributed by atoms with Crippen molar-refractivity contribution in [3.05, 3.63) is 35.0 Å². The van der Waals surface area contributed by atoms with Gasteiger partial charge in [-0.3, -0.25) is 14.5 Å². The maximum Gasteiger partial charge on any atom is 0.352 e. The van der Waals surface area contributed by atoms with Crippen molar-refractivity contribution in [2.24, 2.45) is 5.16 Å². The lowest BCUT2D eigenvalue weighted by Crippen LogP contribution is -2.39. The third-order valence-corrected chi connectivity index (χ3v) is 5.61. The monoisotopic (exact) mass is 396 g/mol. The molecular formula is C15H16N4O5S2. The fourth-order valence-corrected chi connectivity index (χ4v) is 4.18. The molecule has 1 unspecified atom stereocenters. The lowest BCUT2D eigenvalue weighted by Gasteiger charge is -2.33. The van der Waals surface area contributed by atoms with Gasteiger partial charge in [-0.1, -0.05) is 17.8 Å². The molecule has 2 rings (SSSR count). The quantitative estimate of drug-likeness (QED) is 0.258. The number of carbonyl (C=O) groups is 3. The number of amides is 1. The van der Waals surface area contributed by atoms with Gasteiger partial charge < -0.3 is 16.0 Å². The van der Waals surface area contributed by atoms with Crippen LogP contribution in [-0.4, -0.2) is 55.2 Å². The van der Waals surface area contributed by atoms with Crippen molar-refractivity contribution in [3.8, 4) is 0 Å². The van der Waals surface area contributed by atoms with E-state index in [1.807, 2.05) is 0 Å². The standard InChI is InChI=1S/C15H16N4O5S2/c1-2-8-5-25-11(19(7-20)13(8)14(22)23)4-3-10(21)12(18-24)9-6-26-15(16)17-9/h2,6-7,11,24H,1,3-5H2,(H2,16,17)(H,22,23)/b18-12-. The first-order chi connectivity index (χ1) is 12.4. The van der Waals surface area contributed by atoms with Crippen molar-refractivity contribution in [1.82, 2.24) is 9.88 Å². The van der Waals surface area contributed by atoms with Crippen LogP contribution >= 0.6 is 23.1 Å². The van der Waals surface area contributed by atoms with Crippen LogP contribution in [0.5, 0.6) is 0 Å². The van der Waals surface area contributed by atoms with Gasteiger partial charge in [0.25, 0.3) is 0 Å². The molecule has 2 heterocycles. The van der Waals surface area contributed by atoms with E-state index in [2.05, 4.69) is 16.7 Å². The number of thioether (sulfide) groups is 1. The molecule has 1 aliphatic rings. The molecule has 11 heteroatoms. The highest BCUT2D eigenvalue weighted by Gasteiger charge is 2.32. The Hall–Kier alpha value is -2.66. The summed E-state index contributed by atoms with van der Waals surface area (Å²) in [6.45, 7) is 3.56. The van der Waals surface area contributed by atoms with Crippen molar-refractivity contribution < 1.29 is 24.7 Å². The summed E-state index contributed by atoms with van der Waals surface area (Å²) < 4.78 is 0. The smallest absolute Gasteiger partial charge is 0.352 e. The Morgan fingerprint density at radius 3 is 2.77 bits per heavy atom. The summed E-state index contributed by atoms with van der Waals surface area (Å²) in [7, 11) is 0. The number of aliphatic carboxylic acids is 1. The van der Waals surface area contributed by atoms with Gasteiger partial charge >= 0.3 is 5.97 Å². The number of thiazole rings is 1. The van der Waals surface area contributed by atoms with Gasteiger partial charge in [-0.15, -0.1) is 23.1 Å². The highest BCUT2D eigenvalue weighted by atomic mass is 32.2. The zero-order valence-electron chi connectivity index (χ0n) is 13.5. The first-order valence-corrected chi connectivity index (χ1v) is 9.26. The number of aromatic nitrogens is 1. The van der Waals surface area contributed by atoms with Gasteiger partial charge in [0.15, 0.2) is 16.6 Å². The number of anilines is 1. The fourth-order valence-electron chi connectivity index (χ4n) is 2.41. The minimum Gasteiger partial charge on any atom is -0.477 e. The lowest BCUT2D eigenvalue weighted by atomic mass is 10.1. The van der Waals surface area contributed by atoms with E-state index in [0.29, 0.717) is 17.7 Å². The molecule has 0 saturated heterocycles. The molecule has 0 saturated carbocycles. The number of allylic oxidation sites excluding steroid dienone is 1. The van der Waals surface area contributed by atoms with E-state index < -0.39 is 17.1 Å². The second-order valence-electron chi connectivity index (χ2n) is 5.14. The topological polar surface area (TPSA) is 146 Å². The molecule has 1 aromatic heterocycles. The predicted molar refractivity (Wildman–Crippen MR) is 98.1 cm³/mol. The Bertz CT molecular complexity index is 802. The third kappa shape index (κ3) is 4.11. The van der Waals surface area contributed by atoms with E-state index in [0.717, 1.165) is 16.2 Å². The number of carboxylic acids is 1. The number of rotatable bonds is 8. The van der Waals surface area contributed by atoms with Crippen LogP contribution in [0.25, 0.3) is 0 Å². The van der Waals surface area contributed by atoms with Crippen molar-refractivity contribution in [3.63, 3.8) is 0 Å². The number of nitrogens with zero attached hydrogens (tertiary/aromatic N) is 3. The van der Waals surface area contributed by atoms with Gasteiger partial charge in [0.05, 0.1) is 5.37 Å². The van der Waals surface area contributed by atoms with E-state index in [-0.39, 0.29) is 35.1 Å². The van der Waals surface area contributed by atoms with E-state index in [4.69, 9.17) is 10.9 Å². The van der Waals surface area contributed by atoms with E-state index in [1.165, 1.54) is 23.2 Å². The zero-order valence-corrected chi connectivity index (χ0v) is 15.1. The van der Waals surface area contributed by atoms with Gasteiger partial charge in [-0.05, 0) is 12.0 Å². The van der Waals surface area contributed by atoms with E-state index in [9.17, 15) is 19.5 Å². The average molecular weight is 396 g/mol. The highest BCUT2D eigenvalue weighted by molar-refractivity contribution is 8.00. The predicted octanol–water partition coefficient (Wildman–Crippen LogP) is 1.31. The number of hydrogen-bond donors (Lipinski definition) is 3. The summed E-state index contributed by atoms with van der Waals surface area (Å²) in [5.74, 6) is -1.36. The number of ketones is 1. The Morgan fingerprint density at radius 2 is 2.27 bits per heavy atom. The number of Topliss-reactive ketones (excluding diaryl/α,β-unsaturated/α-hetero) is 1. The molecule has 0 aliphatic carbocycles. The summed E-state index contributed by atoms with van der Waals surface area (Å²) in [5, 5.41) is 22.6. The number of carboxylic acid groups (broad SMARTS) is 1. The number of nitrogens with two attached hydrogens (primary N) is 1. The first-order valence-electron chi connectivity index (χ1n) is 7.33. The van der Waals surface area contributed by atoms with Gasteiger partial charge in [-0.2, -0.15) is 0 Å². The van der Waals surface area contributed by atoms with Crippen LogP contribution in [0.2, 0.25) is 0 Å². The normalized spacial score (nSPS) is 17.9. The minimum absolute atomic E-state index is 0.0604. The van der Waals surface area contributed by atoms with Gasteiger partial charge in [0.1, 0.15) is 11.4 Å². The van der Waals surface area contributed by atoms with Crippen LogP contribution in [0.15, 0.2) is 34.5 Å². The van der Waals surface area contributed by atoms with Crippen LogP contribution in [0.3, 0.4) is 0 Å². The van der Waals surface area contributed by atoms with Crippen molar-refractivity contribution >= 4 is 52.1 Å². The first kappa shape index (κ1) is 19.7. The summed E-state index contributed by atoms with van der Waals surface area (Å²) >= 11 is 2.43. The molecule has 1 aliphatic heterocycles. The molecule has 138 valence electrons. The Balaban J connectivity index is 2.12. The number of hydrogen-bond acceptors (Lipinski definition) is 9. The molecule has 0 bridgehead atoms. The highest BCUT2D eigenvalue weighted by Crippen LogP contribution is 2.33. The zero-order chi connectivity index (χ0) is 19.3. The third-order valence-electron chi connectivity index (χ3n) is 3.61. The average Bonchev–Trinajstić information content (AvgIpc) is 3.05. The second-order valence-corrected chi connectivity index (χ2v) is 7.20. The van der Waals surface area contributed by atoms with Crippen LogP contribution in [0.4, 0.5) is 5.13 Å². The van der Waals surface area contributed by atoms with Crippen molar-refractivity contribution in [1.29, 1.82) is 0 Å². The van der Waals surface area contributed by atoms with E-state index >= 15 is 0 Å². The molecule has 1 aromatic rings. The summed E-state index contributed by atoms with van der Waals surface area (Å²) in [5.41, 5.74) is 5.75. The number of oxime groups is 1. The van der Waals surface area contributed by atoms with Crippen LogP contribution in [-0.2, 0) is 14.4 Å². The van der Waals surface area contributed by atoms with E-state index in [1.54, 1.807) is 0 Å². The van der Waals surface area contributed by atoms with Gasteiger partial charge in [0.2, 0.25) is 6.41 Å². The second kappa shape index (κ2) is 8.63. The van der Waals surface area contributed by atoms with Gasteiger partial charge in [-0.25, -0.2) is 9.78 Å². The van der Waals surface area contributed by atoms with Crippen molar-refractivity contribution in [2.75, 3.05) is 11.5 Å². The molecule has 4 N–H and O–H groups in total. The molecule has 1 amide bonds. The SMILES string of the molecule is C=CC1=C(C(=O)O)N(C=O)C(CCC(=O)/C(=N\O)c2csc(N)n2)SC1. The molecule has 26 heavy (non-hydrogen) atoms. The fraction of sp³-hybridized carbons (Fsp3) is 0.267. The summed E-state index contributed by atoms with van der Waals surface area (Å²) in [6, 6.07) is 0. The molecule has 0 spiro atoms. The molecule has 0 fully saturated rings. The summed E-state index contributed by atoms with van der Waals surface area (Å²) in [4.78, 5) is 40.2. The lowest BCUT2D eigenvalue weighted by molar-refractivity contribution is -0.136. The maximum atomic E-state index is 12.3. The maximum absolute atomic E-state index is 12.3. The van der Waals surface area contributed by atoms with Gasteiger partial charge in [0, 0.05) is 17.6 Å². The number of carbonyl (C=O) groups excluding carboxylic acids is 2. The van der Waals surface area contributed by atoms with Crippen molar-refractivity contribution in [2.45, 2.75) is 18.2 Å². The van der Waals surface area contributed by atoms with Crippen LogP contribution in [0, 0.1) is 0 Å². The molecule has 9 nitrogen and oxygen atoms in total. The molecule has 0 radical (unpaired) electrons. The minimum atomic E-state index is -1.24. The van der Waals surface area contributed by atoms with Crippen LogP contribution < -0.4 is 5.73 Å². The summed E-state index contributed by atoms with van der Waals surface area (Å²) in [6.07, 6.45) is 1.95. The van der Waals surface area contributed by atoms with Crippen LogP contribution in [0.1, 0.15) is 18.5 Å². The Morgan fingerprint density at radius 1 is 1.54 bits per heavy atom.